The second-order valence-corrected chi connectivity index (χ2v) is 5.39. The second-order valence-electron chi connectivity index (χ2n) is 3.98. The molecule has 3 nitrogen and oxygen atoms in total. The van der Waals surface area contributed by atoms with Gasteiger partial charge < -0.3 is 5.11 Å². The van der Waals surface area contributed by atoms with E-state index in [0.717, 1.165) is 16.5 Å². The number of rotatable bonds is 4. The van der Waals surface area contributed by atoms with E-state index in [4.69, 9.17) is 5.11 Å². The third-order valence-corrected chi connectivity index (χ3v) is 2.95. The van der Waals surface area contributed by atoms with Crippen LogP contribution in [0.5, 0.6) is 0 Å². The maximum atomic E-state index is 8.97. The summed E-state index contributed by atoms with van der Waals surface area (Å²) in [6.45, 7) is 8.32. The van der Waals surface area contributed by atoms with Crippen molar-refractivity contribution in [2.45, 2.75) is 44.0 Å². The van der Waals surface area contributed by atoms with Crippen molar-refractivity contribution in [1.29, 1.82) is 0 Å². The zero-order valence-corrected chi connectivity index (χ0v) is 10.5. The van der Waals surface area contributed by atoms with Gasteiger partial charge in [0.2, 0.25) is 0 Å². The van der Waals surface area contributed by atoms with Crippen molar-refractivity contribution in [3.63, 3.8) is 0 Å². The molecular weight excluding hydrogens is 208 g/mol. The summed E-state index contributed by atoms with van der Waals surface area (Å²) in [7, 11) is 0. The van der Waals surface area contributed by atoms with E-state index in [1.54, 1.807) is 0 Å². The summed E-state index contributed by atoms with van der Waals surface area (Å²) in [6.07, 6.45) is 0. The maximum Gasteiger partial charge on any atom is 0.188 e. The highest BCUT2D eigenvalue weighted by Gasteiger charge is 2.09. The smallest absolute Gasteiger partial charge is 0.188 e. The van der Waals surface area contributed by atoms with Gasteiger partial charge in [-0.2, -0.15) is 0 Å². The zero-order valence-electron chi connectivity index (χ0n) is 9.69. The van der Waals surface area contributed by atoms with E-state index in [9.17, 15) is 0 Å². The lowest BCUT2D eigenvalue weighted by molar-refractivity contribution is 0.300. The van der Waals surface area contributed by atoms with Gasteiger partial charge in [0, 0.05) is 16.6 Å². The number of aliphatic hydroxyl groups is 1. The Hall–Kier alpha value is -0.610. The van der Waals surface area contributed by atoms with Crippen molar-refractivity contribution >= 4 is 11.8 Å². The summed E-state index contributed by atoms with van der Waals surface area (Å²) in [6, 6.07) is 2.01. The highest BCUT2D eigenvalue weighted by Crippen LogP contribution is 2.21. The molecule has 1 aromatic heterocycles. The van der Waals surface area contributed by atoms with Gasteiger partial charge in [-0.25, -0.2) is 9.97 Å². The van der Waals surface area contributed by atoms with E-state index in [0.29, 0.717) is 5.92 Å². The highest BCUT2D eigenvalue weighted by molar-refractivity contribution is 7.99. The summed E-state index contributed by atoms with van der Waals surface area (Å²) in [4.78, 5) is 8.81. The normalized spacial score (nSPS) is 13.2. The molecule has 1 aromatic rings. The van der Waals surface area contributed by atoms with Gasteiger partial charge in [0.25, 0.3) is 0 Å². The molecule has 1 rings (SSSR count). The minimum atomic E-state index is 0.145. The van der Waals surface area contributed by atoms with Crippen LogP contribution in [0.1, 0.15) is 38.1 Å². The van der Waals surface area contributed by atoms with Gasteiger partial charge in [0.05, 0.1) is 6.61 Å². The van der Waals surface area contributed by atoms with Crippen LogP contribution in [0.25, 0.3) is 0 Å². The molecule has 0 aliphatic heterocycles. The molecule has 0 amide bonds. The Morgan fingerprint density at radius 1 is 1.33 bits per heavy atom. The molecule has 1 unspecified atom stereocenters. The number of nitrogens with zero attached hydrogens (tertiary/aromatic N) is 2. The highest BCUT2D eigenvalue weighted by atomic mass is 32.2. The molecule has 1 N–H and O–H groups in total. The van der Waals surface area contributed by atoms with Gasteiger partial charge in [-0.05, 0) is 18.9 Å². The number of aliphatic hydroxyl groups excluding tert-OH is 1. The van der Waals surface area contributed by atoms with Gasteiger partial charge in [0.1, 0.15) is 0 Å². The minimum Gasteiger partial charge on any atom is -0.395 e. The van der Waals surface area contributed by atoms with Crippen molar-refractivity contribution < 1.29 is 5.11 Å². The molecule has 0 aliphatic carbocycles. The monoisotopic (exact) mass is 226 g/mol. The van der Waals surface area contributed by atoms with Crippen molar-refractivity contribution in [2.75, 3.05) is 6.61 Å². The van der Waals surface area contributed by atoms with E-state index in [1.165, 1.54) is 11.8 Å². The van der Waals surface area contributed by atoms with Gasteiger partial charge in [-0.15, -0.1) is 0 Å². The Bertz CT molecular complexity index is 328. The Labute approximate surface area is 95.3 Å². The second kappa shape index (κ2) is 5.47. The molecule has 0 spiro atoms. The van der Waals surface area contributed by atoms with Crippen LogP contribution >= 0.6 is 11.8 Å². The number of hydrogen-bond acceptors (Lipinski definition) is 4. The van der Waals surface area contributed by atoms with Gasteiger partial charge >= 0.3 is 0 Å². The Morgan fingerprint density at radius 2 is 2.00 bits per heavy atom. The molecule has 0 radical (unpaired) electrons. The molecule has 0 bridgehead atoms. The molecule has 0 saturated carbocycles. The zero-order chi connectivity index (χ0) is 11.4. The molecule has 0 aliphatic rings. The van der Waals surface area contributed by atoms with Crippen LogP contribution < -0.4 is 0 Å². The average Bonchev–Trinajstić information content (AvgIpc) is 2.16. The van der Waals surface area contributed by atoms with Gasteiger partial charge in [-0.1, -0.05) is 32.5 Å². The average molecular weight is 226 g/mol. The fourth-order valence-electron chi connectivity index (χ4n) is 1.13. The predicted octanol–water partition coefficient (Wildman–Crippen LogP) is 2.38. The summed E-state index contributed by atoms with van der Waals surface area (Å²) >= 11 is 1.52. The van der Waals surface area contributed by atoms with Crippen LogP contribution in [0.2, 0.25) is 0 Å². The first-order valence-corrected chi connectivity index (χ1v) is 6.04. The number of aryl methyl sites for hydroxylation is 1. The molecule has 84 valence electrons. The molecular formula is C11H18N2OS. The lowest BCUT2D eigenvalue weighted by atomic mass is 10.1. The quantitative estimate of drug-likeness (QED) is 0.632. The van der Waals surface area contributed by atoms with E-state index >= 15 is 0 Å². The van der Waals surface area contributed by atoms with Crippen LogP contribution in [0.4, 0.5) is 0 Å². The van der Waals surface area contributed by atoms with Crippen LogP contribution in [0.15, 0.2) is 11.2 Å². The minimum absolute atomic E-state index is 0.145. The third-order valence-electron chi connectivity index (χ3n) is 2.01. The lowest BCUT2D eigenvalue weighted by Crippen LogP contribution is -2.05. The summed E-state index contributed by atoms with van der Waals surface area (Å²) in [5, 5.41) is 9.88. The SMILES string of the molecule is Cc1cc(C(C)C)nc(SC(C)CO)n1. The summed E-state index contributed by atoms with van der Waals surface area (Å²) in [5.74, 6) is 0.412. The van der Waals surface area contributed by atoms with E-state index in [-0.39, 0.29) is 11.9 Å². The number of aromatic nitrogens is 2. The van der Waals surface area contributed by atoms with Crippen molar-refractivity contribution in [2.24, 2.45) is 0 Å². The van der Waals surface area contributed by atoms with E-state index < -0.39 is 0 Å². The molecule has 1 atom stereocenters. The molecule has 1 heterocycles. The third kappa shape index (κ3) is 3.80. The van der Waals surface area contributed by atoms with Crippen molar-refractivity contribution in [3.05, 3.63) is 17.5 Å². The summed E-state index contributed by atoms with van der Waals surface area (Å²) in [5.41, 5.74) is 2.05. The Balaban J connectivity index is 2.88. The lowest BCUT2D eigenvalue weighted by Gasteiger charge is -2.10. The maximum absolute atomic E-state index is 8.97. The van der Waals surface area contributed by atoms with Crippen molar-refractivity contribution in [1.82, 2.24) is 9.97 Å². The largest absolute Gasteiger partial charge is 0.395 e. The summed E-state index contributed by atoms with van der Waals surface area (Å²) < 4.78 is 0. The van der Waals surface area contributed by atoms with E-state index in [1.807, 2.05) is 19.9 Å². The molecule has 0 saturated heterocycles. The molecule has 0 fully saturated rings. The van der Waals surface area contributed by atoms with Crippen LogP contribution in [-0.2, 0) is 0 Å². The standard InChI is InChI=1S/C11H18N2OS/c1-7(2)10-5-8(3)12-11(13-10)15-9(4)6-14/h5,7,9,14H,6H2,1-4H3. The first-order valence-electron chi connectivity index (χ1n) is 5.16. The Morgan fingerprint density at radius 3 is 2.53 bits per heavy atom. The number of hydrogen-bond donors (Lipinski definition) is 1. The first kappa shape index (κ1) is 12.5. The first-order chi connectivity index (χ1) is 7.02. The van der Waals surface area contributed by atoms with E-state index in [2.05, 4.69) is 23.8 Å². The van der Waals surface area contributed by atoms with Gasteiger partial charge in [0.15, 0.2) is 5.16 Å². The van der Waals surface area contributed by atoms with Crippen molar-refractivity contribution in [3.8, 4) is 0 Å². The van der Waals surface area contributed by atoms with Crippen LogP contribution in [0.3, 0.4) is 0 Å². The van der Waals surface area contributed by atoms with Gasteiger partial charge in [-0.3, -0.25) is 0 Å². The van der Waals surface area contributed by atoms with Crippen LogP contribution in [-0.4, -0.2) is 26.9 Å². The topological polar surface area (TPSA) is 46.0 Å². The Kier molecular flexibility index (Phi) is 4.54. The fraction of sp³-hybridized carbons (Fsp3) is 0.636. The predicted molar refractivity (Wildman–Crippen MR) is 63.3 cm³/mol. The molecule has 4 heteroatoms. The molecule has 0 aromatic carbocycles. The molecule has 15 heavy (non-hydrogen) atoms. The number of thioether (sulfide) groups is 1. The van der Waals surface area contributed by atoms with Crippen LogP contribution in [0, 0.1) is 6.92 Å². The fourth-order valence-corrected chi connectivity index (χ4v) is 1.92.